The Kier molecular flexibility index (Phi) is 5.26. The van der Waals surface area contributed by atoms with Crippen molar-refractivity contribution in [2.75, 3.05) is 32.7 Å². The second kappa shape index (κ2) is 6.95. The van der Waals surface area contributed by atoms with Crippen LogP contribution >= 0.6 is 0 Å². The lowest BCUT2D eigenvalue weighted by molar-refractivity contribution is 0.254. The van der Waals surface area contributed by atoms with Crippen molar-refractivity contribution in [3.63, 3.8) is 0 Å². The predicted octanol–water partition coefficient (Wildman–Crippen LogP) is 0.776. The molecule has 2 fully saturated rings. The molecule has 5 heteroatoms. The SMILES string of the molecule is CCCCN=C(NN)N1CCCN2CCCC2C1. The number of nitrogens with zero attached hydrogens (tertiary/aromatic N) is 3. The fraction of sp³-hybridized carbons (Fsp3) is 0.923. The molecular weight excluding hydrogens is 226 g/mol. The number of rotatable bonds is 3. The van der Waals surface area contributed by atoms with Crippen LogP contribution < -0.4 is 11.3 Å². The molecular formula is C13H27N5. The molecule has 0 aliphatic carbocycles. The number of unbranched alkanes of at least 4 members (excludes halogenated alkanes) is 1. The van der Waals surface area contributed by atoms with E-state index < -0.39 is 0 Å². The maximum absolute atomic E-state index is 5.64. The molecule has 0 radical (unpaired) electrons. The van der Waals surface area contributed by atoms with E-state index >= 15 is 0 Å². The number of guanidine groups is 1. The van der Waals surface area contributed by atoms with Gasteiger partial charge in [-0.1, -0.05) is 13.3 Å². The molecule has 0 bridgehead atoms. The zero-order valence-electron chi connectivity index (χ0n) is 11.6. The summed E-state index contributed by atoms with van der Waals surface area (Å²) in [7, 11) is 0. The van der Waals surface area contributed by atoms with Crippen molar-refractivity contribution in [1.29, 1.82) is 0 Å². The molecule has 2 saturated heterocycles. The van der Waals surface area contributed by atoms with Crippen LogP contribution in [0.3, 0.4) is 0 Å². The van der Waals surface area contributed by atoms with Crippen molar-refractivity contribution in [2.24, 2.45) is 10.8 Å². The van der Waals surface area contributed by atoms with Crippen LogP contribution in [0.4, 0.5) is 0 Å². The van der Waals surface area contributed by atoms with Gasteiger partial charge in [-0.15, -0.1) is 0 Å². The molecule has 5 nitrogen and oxygen atoms in total. The third-order valence-electron chi connectivity index (χ3n) is 4.01. The zero-order valence-corrected chi connectivity index (χ0v) is 11.6. The van der Waals surface area contributed by atoms with Crippen LogP contribution in [0.25, 0.3) is 0 Å². The van der Waals surface area contributed by atoms with E-state index in [4.69, 9.17) is 5.84 Å². The number of aliphatic imine (C=N–C) groups is 1. The quantitative estimate of drug-likeness (QED) is 0.256. The van der Waals surface area contributed by atoms with Crippen molar-refractivity contribution < 1.29 is 0 Å². The standard InChI is InChI=1S/C13H27N5/c1-2-3-7-15-13(16-14)18-10-5-9-17-8-4-6-12(17)11-18/h12H,2-11,14H2,1H3,(H,15,16). The molecule has 0 aromatic heterocycles. The maximum Gasteiger partial charge on any atom is 0.208 e. The highest BCUT2D eigenvalue weighted by molar-refractivity contribution is 5.79. The highest BCUT2D eigenvalue weighted by Crippen LogP contribution is 2.21. The average Bonchev–Trinajstić information content (AvgIpc) is 2.73. The maximum atomic E-state index is 5.64. The zero-order chi connectivity index (χ0) is 12.8. The van der Waals surface area contributed by atoms with Gasteiger partial charge in [-0.05, 0) is 32.2 Å². The molecule has 0 spiro atoms. The largest absolute Gasteiger partial charge is 0.340 e. The molecule has 3 N–H and O–H groups in total. The topological polar surface area (TPSA) is 56.9 Å². The second-order valence-electron chi connectivity index (χ2n) is 5.33. The Morgan fingerprint density at radius 1 is 1.33 bits per heavy atom. The number of nitrogens with two attached hydrogens (primary N) is 1. The Balaban J connectivity index is 1.94. The van der Waals surface area contributed by atoms with Crippen molar-refractivity contribution in [3.8, 4) is 0 Å². The minimum atomic E-state index is 0.706. The van der Waals surface area contributed by atoms with Crippen LogP contribution in [0.1, 0.15) is 39.0 Å². The van der Waals surface area contributed by atoms with Gasteiger partial charge < -0.3 is 4.90 Å². The lowest BCUT2D eigenvalue weighted by Crippen LogP contribution is -2.48. The molecule has 2 aliphatic heterocycles. The summed E-state index contributed by atoms with van der Waals surface area (Å²) in [6.45, 7) is 7.72. The van der Waals surface area contributed by atoms with E-state index in [1.54, 1.807) is 0 Å². The normalized spacial score (nSPS) is 26.0. The molecule has 18 heavy (non-hydrogen) atoms. The Labute approximate surface area is 110 Å². The third-order valence-corrected chi connectivity index (χ3v) is 4.01. The Hall–Kier alpha value is -0.810. The summed E-state index contributed by atoms with van der Waals surface area (Å²) < 4.78 is 0. The monoisotopic (exact) mass is 253 g/mol. The number of hydrogen-bond acceptors (Lipinski definition) is 3. The molecule has 2 rings (SSSR count). The van der Waals surface area contributed by atoms with Gasteiger partial charge in [0, 0.05) is 32.2 Å². The Morgan fingerprint density at radius 2 is 2.17 bits per heavy atom. The van der Waals surface area contributed by atoms with Gasteiger partial charge in [-0.3, -0.25) is 15.3 Å². The van der Waals surface area contributed by atoms with Gasteiger partial charge in [0.15, 0.2) is 0 Å². The Morgan fingerprint density at radius 3 is 2.94 bits per heavy atom. The summed E-state index contributed by atoms with van der Waals surface area (Å²) in [5.74, 6) is 6.52. The molecule has 0 aromatic rings. The van der Waals surface area contributed by atoms with E-state index in [0.717, 1.165) is 32.0 Å². The first kappa shape index (κ1) is 13.6. The highest BCUT2D eigenvalue weighted by Gasteiger charge is 2.29. The van der Waals surface area contributed by atoms with Gasteiger partial charge in [-0.25, -0.2) is 5.84 Å². The molecule has 2 aliphatic rings. The van der Waals surface area contributed by atoms with Crippen molar-refractivity contribution in [2.45, 2.75) is 45.1 Å². The van der Waals surface area contributed by atoms with Gasteiger partial charge in [0.05, 0.1) is 0 Å². The van der Waals surface area contributed by atoms with Gasteiger partial charge in [0.2, 0.25) is 5.96 Å². The van der Waals surface area contributed by atoms with Gasteiger partial charge in [-0.2, -0.15) is 0 Å². The molecule has 1 atom stereocenters. The smallest absolute Gasteiger partial charge is 0.208 e. The van der Waals surface area contributed by atoms with Crippen molar-refractivity contribution >= 4 is 5.96 Å². The van der Waals surface area contributed by atoms with Crippen LogP contribution in [0.15, 0.2) is 4.99 Å². The molecule has 104 valence electrons. The first-order valence-electron chi connectivity index (χ1n) is 7.35. The fourth-order valence-electron chi connectivity index (χ4n) is 2.98. The highest BCUT2D eigenvalue weighted by atomic mass is 15.4. The van der Waals surface area contributed by atoms with Crippen molar-refractivity contribution in [1.82, 2.24) is 15.2 Å². The van der Waals surface area contributed by atoms with Gasteiger partial charge >= 0.3 is 0 Å². The summed E-state index contributed by atoms with van der Waals surface area (Å²) in [6, 6.07) is 0.706. The van der Waals surface area contributed by atoms with Gasteiger partial charge in [0.25, 0.3) is 0 Å². The fourth-order valence-corrected chi connectivity index (χ4v) is 2.98. The molecule has 1 unspecified atom stereocenters. The van der Waals surface area contributed by atoms with Crippen LogP contribution in [0, 0.1) is 0 Å². The minimum absolute atomic E-state index is 0.706. The summed E-state index contributed by atoms with van der Waals surface area (Å²) in [5.41, 5.74) is 2.80. The van der Waals surface area contributed by atoms with E-state index in [-0.39, 0.29) is 0 Å². The Bertz CT molecular complexity index is 279. The lowest BCUT2D eigenvalue weighted by Gasteiger charge is -2.27. The van der Waals surface area contributed by atoms with E-state index in [2.05, 4.69) is 27.1 Å². The van der Waals surface area contributed by atoms with E-state index in [1.165, 1.54) is 38.8 Å². The van der Waals surface area contributed by atoms with Gasteiger partial charge in [0.1, 0.15) is 0 Å². The third kappa shape index (κ3) is 3.36. The number of hydrazine groups is 1. The van der Waals surface area contributed by atoms with Crippen molar-refractivity contribution in [3.05, 3.63) is 0 Å². The van der Waals surface area contributed by atoms with Crippen LogP contribution in [0.5, 0.6) is 0 Å². The number of nitrogens with one attached hydrogen (secondary N) is 1. The second-order valence-corrected chi connectivity index (χ2v) is 5.33. The summed E-state index contributed by atoms with van der Waals surface area (Å²) in [6.07, 6.45) is 6.19. The minimum Gasteiger partial charge on any atom is -0.340 e. The number of fused-ring (bicyclic) bond motifs is 1. The first-order valence-corrected chi connectivity index (χ1v) is 7.35. The first-order chi connectivity index (χ1) is 8.85. The van der Waals surface area contributed by atoms with E-state index in [0.29, 0.717) is 6.04 Å². The number of hydrogen-bond donors (Lipinski definition) is 2. The van der Waals surface area contributed by atoms with E-state index in [1.807, 2.05) is 0 Å². The average molecular weight is 253 g/mol. The summed E-state index contributed by atoms with van der Waals surface area (Å²) >= 11 is 0. The summed E-state index contributed by atoms with van der Waals surface area (Å²) in [5, 5.41) is 0. The predicted molar refractivity (Wildman–Crippen MR) is 75.3 cm³/mol. The summed E-state index contributed by atoms with van der Waals surface area (Å²) in [4.78, 5) is 9.56. The molecule has 0 amide bonds. The molecule has 2 heterocycles. The van der Waals surface area contributed by atoms with Crippen LogP contribution in [-0.4, -0.2) is 54.5 Å². The van der Waals surface area contributed by atoms with Crippen LogP contribution in [-0.2, 0) is 0 Å². The van der Waals surface area contributed by atoms with Crippen LogP contribution in [0.2, 0.25) is 0 Å². The van der Waals surface area contributed by atoms with E-state index in [9.17, 15) is 0 Å². The molecule has 0 aromatic carbocycles. The molecule has 0 saturated carbocycles. The lowest BCUT2D eigenvalue weighted by atomic mass is 10.2.